The van der Waals surface area contributed by atoms with Crippen LogP contribution in [0.4, 0.5) is 4.39 Å². The molecule has 1 rings (SSSR count). The molecule has 0 saturated carbocycles. The van der Waals surface area contributed by atoms with Crippen molar-refractivity contribution in [2.45, 2.75) is 12.3 Å². The molecule has 3 nitrogen and oxygen atoms in total. The number of hydrogen-bond donors (Lipinski definition) is 0. The van der Waals surface area contributed by atoms with E-state index >= 15 is 0 Å². The minimum atomic E-state index is -0.713. The van der Waals surface area contributed by atoms with Gasteiger partial charge in [0.1, 0.15) is 11.9 Å². The van der Waals surface area contributed by atoms with Crippen LogP contribution in [-0.4, -0.2) is 12.6 Å². The number of benzene rings is 1. The summed E-state index contributed by atoms with van der Waals surface area (Å²) >= 11 is 3.18. The molecule has 0 saturated heterocycles. The molecule has 0 N–H and O–H groups in total. The number of carbonyl (C=O) groups is 1. The fourth-order valence-corrected chi connectivity index (χ4v) is 1.68. The van der Waals surface area contributed by atoms with Crippen LogP contribution in [0.15, 0.2) is 12.1 Å². The van der Waals surface area contributed by atoms with Gasteiger partial charge in [-0.25, -0.2) is 9.18 Å². The van der Waals surface area contributed by atoms with Crippen molar-refractivity contribution in [1.82, 2.24) is 0 Å². The van der Waals surface area contributed by atoms with Crippen LogP contribution in [0.5, 0.6) is 0 Å². The van der Waals surface area contributed by atoms with Crippen molar-refractivity contribution < 1.29 is 13.9 Å². The van der Waals surface area contributed by atoms with E-state index in [0.717, 1.165) is 6.07 Å². The number of nitrogens with zero attached hydrogens (tertiary/aromatic N) is 1. The molecule has 0 heterocycles. The number of alkyl halides is 1. The highest BCUT2D eigenvalue weighted by atomic mass is 79.9. The molecule has 0 spiro atoms. The number of rotatable bonds is 3. The molecule has 0 aliphatic rings. The first-order chi connectivity index (χ1) is 7.63. The second-order valence-electron chi connectivity index (χ2n) is 2.96. The van der Waals surface area contributed by atoms with Crippen LogP contribution in [0.3, 0.4) is 0 Å². The van der Waals surface area contributed by atoms with Crippen molar-refractivity contribution in [3.05, 3.63) is 34.6 Å². The van der Waals surface area contributed by atoms with Crippen LogP contribution in [0.1, 0.15) is 28.4 Å². The Kier molecular flexibility index (Phi) is 4.44. The molecule has 5 heteroatoms. The SMILES string of the molecule is CCOC(=O)c1cc(F)c(C#N)cc1CBr. The van der Waals surface area contributed by atoms with Crippen molar-refractivity contribution in [2.75, 3.05) is 6.61 Å². The third-order valence-electron chi connectivity index (χ3n) is 1.95. The highest BCUT2D eigenvalue weighted by Gasteiger charge is 2.15. The lowest BCUT2D eigenvalue weighted by molar-refractivity contribution is 0.0525. The van der Waals surface area contributed by atoms with Gasteiger partial charge in [-0.05, 0) is 24.6 Å². The Hall–Kier alpha value is -1.41. The van der Waals surface area contributed by atoms with E-state index in [4.69, 9.17) is 10.00 Å². The van der Waals surface area contributed by atoms with Gasteiger partial charge in [-0.15, -0.1) is 0 Å². The van der Waals surface area contributed by atoms with E-state index in [1.165, 1.54) is 6.07 Å². The molecule has 0 atom stereocenters. The molecule has 0 radical (unpaired) electrons. The maximum absolute atomic E-state index is 13.3. The fourth-order valence-electron chi connectivity index (χ4n) is 1.21. The average molecular weight is 286 g/mol. The summed E-state index contributed by atoms with van der Waals surface area (Å²) in [5.74, 6) is -1.30. The van der Waals surface area contributed by atoms with Crippen LogP contribution in [0, 0.1) is 17.1 Å². The first-order valence-electron chi connectivity index (χ1n) is 4.59. The highest BCUT2D eigenvalue weighted by Crippen LogP contribution is 2.19. The van der Waals surface area contributed by atoms with Crippen LogP contribution in [0.2, 0.25) is 0 Å². The molecule has 84 valence electrons. The largest absolute Gasteiger partial charge is 0.462 e. The van der Waals surface area contributed by atoms with Gasteiger partial charge in [0.15, 0.2) is 0 Å². The van der Waals surface area contributed by atoms with Gasteiger partial charge in [0.05, 0.1) is 17.7 Å². The zero-order valence-electron chi connectivity index (χ0n) is 8.59. The molecule has 0 amide bonds. The minimum Gasteiger partial charge on any atom is -0.462 e. The zero-order chi connectivity index (χ0) is 12.1. The lowest BCUT2D eigenvalue weighted by atomic mass is 10.1. The summed E-state index contributed by atoms with van der Waals surface area (Å²) in [6, 6.07) is 4.10. The number of hydrogen-bond acceptors (Lipinski definition) is 3. The molecular formula is C11H9BrFNO2. The van der Waals surface area contributed by atoms with E-state index in [1.54, 1.807) is 13.0 Å². The Labute approximate surface area is 101 Å². The summed E-state index contributed by atoms with van der Waals surface area (Å²) in [7, 11) is 0. The first kappa shape index (κ1) is 12.7. The molecule has 16 heavy (non-hydrogen) atoms. The van der Waals surface area contributed by atoms with Crippen molar-refractivity contribution in [2.24, 2.45) is 0 Å². The van der Waals surface area contributed by atoms with E-state index in [-0.39, 0.29) is 17.7 Å². The fraction of sp³-hybridized carbons (Fsp3) is 0.273. The third kappa shape index (κ3) is 2.58. The minimum absolute atomic E-state index is 0.0810. The van der Waals surface area contributed by atoms with Gasteiger partial charge >= 0.3 is 5.97 Å². The van der Waals surface area contributed by atoms with E-state index in [2.05, 4.69) is 15.9 Å². The zero-order valence-corrected chi connectivity index (χ0v) is 10.2. The average Bonchev–Trinajstić information content (AvgIpc) is 2.29. The monoisotopic (exact) mass is 285 g/mol. The second-order valence-corrected chi connectivity index (χ2v) is 3.52. The topological polar surface area (TPSA) is 50.1 Å². The number of ether oxygens (including phenoxy) is 1. The van der Waals surface area contributed by atoms with Crippen LogP contribution in [0.25, 0.3) is 0 Å². The van der Waals surface area contributed by atoms with Gasteiger partial charge in [-0.1, -0.05) is 15.9 Å². The quantitative estimate of drug-likeness (QED) is 0.634. The summed E-state index contributed by atoms with van der Waals surface area (Å²) in [5, 5.41) is 9.01. The third-order valence-corrected chi connectivity index (χ3v) is 2.56. The molecule has 1 aromatic carbocycles. The molecule has 0 bridgehead atoms. The summed E-state index contributed by atoms with van der Waals surface area (Å²) < 4.78 is 18.1. The van der Waals surface area contributed by atoms with Crippen molar-refractivity contribution in [1.29, 1.82) is 5.26 Å². The maximum Gasteiger partial charge on any atom is 0.338 e. The molecule has 0 aliphatic heterocycles. The van der Waals surface area contributed by atoms with E-state index < -0.39 is 11.8 Å². The highest BCUT2D eigenvalue weighted by molar-refractivity contribution is 9.08. The van der Waals surface area contributed by atoms with E-state index in [1.807, 2.05) is 0 Å². The van der Waals surface area contributed by atoms with Gasteiger partial charge in [-0.3, -0.25) is 0 Å². The Morgan fingerprint density at radius 3 is 2.81 bits per heavy atom. The molecule has 0 fully saturated rings. The lowest BCUT2D eigenvalue weighted by Gasteiger charge is -2.07. The van der Waals surface area contributed by atoms with E-state index in [0.29, 0.717) is 10.9 Å². The predicted octanol–water partition coefficient (Wildman–Crippen LogP) is 2.77. The van der Waals surface area contributed by atoms with Crippen LogP contribution < -0.4 is 0 Å². The predicted molar refractivity (Wildman–Crippen MR) is 59.7 cm³/mol. The Bertz CT molecular complexity index is 454. The molecule has 1 aromatic rings. The Morgan fingerprint density at radius 1 is 1.62 bits per heavy atom. The van der Waals surface area contributed by atoms with Gasteiger partial charge in [0.2, 0.25) is 0 Å². The van der Waals surface area contributed by atoms with Crippen molar-refractivity contribution >= 4 is 21.9 Å². The first-order valence-corrected chi connectivity index (χ1v) is 5.71. The molecule has 0 unspecified atom stereocenters. The number of halogens is 2. The Balaban J connectivity index is 3.24. The normalized spacial score (nSPS) is 9.62. The van der Waals surface area contributed by atoms with Gasteiger partial charge in [0.25, 0.3) is 0 Å². The summed E-state index contributed by atoms with van der Waals surface area (Å²) in [5.41, 5.74) is 0.606. The molecule has 0 aromatic heterocycles. The molecular weight excluding hydrogens is 277 g/mol. The lowest BCUT2D eigenvalue weighted by Crippen LogP contribution is -2.08. The number of carbonyl (C=O) groups excluding carboxylic acids is 1. The summed E-state index contributed by atoms with van der Waals surface area (Å²) in [6.07, 6.45) is 0. The number of nitriles is 1. The van der Waals surface area contributed by atoms with E-state index in [9.17, 15) is 9.18 Å². The van der Waals surface area contributed by atoms with Gasteiger partial charge < -0.3 is 4.74 Å². The van der Waals surface area contributed by atoms with Crippen LogP contribution >= 0.6 is 15.9 Å². The van der Waals surface area contributed by atoms with Gasteiger partial charge in [-0.2, -0.15) is 5.26 Å². The maximum atomic E-state index is 13.3. The van der Waals surface area contributed by atoms with Gasteiger partial charge in [0, 0.05) is 5.33 Å². The Morgan fingerprint density at radius 2 is 2.31 bits per heavy atom. The molecule has 0 aliphatic carbocycles. The van der Waals surface area contributed by atoms with Crippen molar-refractivity contribution in [3.8, 4) is 6.07 Å². The summed E-state index contributed by atoms with van der Waals surface area (Å²) in [6.45, 7) is 1.90. The number of esters is 1. The second kappa shape index (κ2) is 5.61. The van der Waals surface area contributed by atoms with Crippen LogP contribution in [-0.2, 0) is 10.1 Å². The standard InChI is InChI=1S/C11H9BrFNO2/c1-2-16-11(15)9-4-10(13)8(6-14)3-7(9)5-12/h3-4H,2,5H2,1H3. The van der Waals surface area contributed by atoms with Crippen molar-refractivity contribution in [3.63, 3.8) is 0 Å². The smallest absolute Gasteiger partial charge is 0.338 e. The summed E-state index contributed by atoms with van der Waals surface area (Å²) in [4.78, 5) is 11.5.